The van der Waals surface area contributed by atoms with Crippen LogP contribution in [0.2, 0.25) is 0 Å². The molecule has 0 spiro atoms. The quantitative estimate of drug-likeness (QED) is 0.666. The van der Waals surface area contributed by atoms with Crippen molar-refractivity contribution in [1.82, 2.24) is 9.62 Å². The van der Waals surface area contributed by atoms with E-state index in [2.05, 4.69) is 5.32 Å². The van der Waals surface area contributed by atoms with Crippen LogP contribution in [0.1, 0.15) is 25.7 Å². The lowest BCUT2D eigenvalue weighted by Crippen LogP contribution is -2.68. The van der Waals surface area contributed by atoms with Crippen LogP contribution in [-0.2, 0) is 10.0 Å². The van der Waals surface area contributed by atoms with Gasteiger partial charge in [0.2, 0.25) is 10.0 Å². The molecule has 0 unspecified atom stereocenters. The molecule has 0 atom stereocenters. The van der Waals surface area contributed by atoms with Crippen molar-refractivity contribution in [2.45, 2.75) is 49.9 Å². The average Bonchev–Trinajstić information content (AvgIpc) is 1.97. The molecule has 0 amide bonds. The summed E-state index contributed by atoms with van der Waals surface area (Å²) in [5, 5.41) is 3.56. The van der Waals surface area contributed by atoms with Crippen molar-refractivity contribution in [3.63, 3.8) is 0 Å². The van der Waals surface area contributed by atoms with Crippen LogP contribution < -0.4 is 5.32 Å². The van der Waals surface area contributed by atoms with E-state index in [9.17, 15) is 8.42 Å². The van der Waals surface area contributed by atoms with E-state index in [1.165, 1.54) is 6.26 Å². The van der Waals surface area contributed by atoms with Gasteiger partial charge in [0.15, 0.2) is 0 Å². The second-order valence-corrected chi connectivity index (χ2v) is 6.79. The van der Waals surface area contributed by atoms with Gasteiger partial charge in [-0.25, -0.2) is 8.42 Å². The molecule has 4 aliphatic rings. The van der Waals surface area contributed by atoms with Crippen molar-refractivity contribution < 1.29 is 8.42 Å². The number of nitrogens with zero attached hydrogens (tertiary/aromatic N) is 1. The van der Waals surface area contributed by atoms with Crippen molar-refractivity contribution in [2.75, 3.05) is 6.26 Å². The summed E-state index contributed by atoms with van der Waals surface area (Å²) in [5.74, 6) is 0. The molecular formula is C9H16N2O2S. The fraction of sp³-hybridized carbons (Fsp3) is 1.00. The molecule has 4 nitrogen and oxygen atoms in total. The summed E-state index contributed by atoms with van der Waals surface area (Å²) in [6.07, 6.45) is 5.41. The Morgan fingerprint density at radius 1 is 1.07 bits per heavy atom. The molecule has 4 aliphatic heterocycles. The molecule has 1 N–H and O–H groups in total. The van der Waals surface area contributed by atoms with Gasteiger partial charge in [0.25, 0.3) is 0 Å². The first kappa shape index (κ1) is 9.12. The average molecular weight is 216 g/mol. The van der Waals surface area contributed by atoms with E-state index in [4.69, 9.17) is 0 Å². The Morgan fingerprint density at radius 2 is 1.50 bits per heavy atom. The van der Waals surface area contributed by atoms with Crippen molar-refractivity contribution in [3.05, 3.63) is 0 Å². The highest BCUT2D eigenvalue weighted by Gasteiger charge is 2.49. The number of hydrogen-bond donors (Lipinski definition) is 1. The van der Waals surface area contributed by atoms with E-state index in [1.807, 2.05) is 0 Å². The van der Waals surface area contributed by atoms with E-state index in [0.29, 0.717) is 12.1 Å². The fourth-order valence-corrected chi connectivity index (χ4v) is 4.99. The Labute approximate surface area is 84.7 Å². The Morgan fingerprint density at radius 3 is 1.86 bits per heavy atom. The predicted molar refractivity (Wildman–Crippen MR) is 53.4 cm³/mol. The highest BCUT2D eigenvalue weighted by Crippen LogP contribution is 2.40. The molecule has 0 aromatic rings. The number of rotatable bonds is 1. The van der Waals surface area contributed by atoms with E-state index >= 15 is 0 Å². The molecule has 5 heteroatoms. The summed E-state index contributed by atoms with van der Waals surface area (Å²) >= 11 is 0. The molecular weight excluding hydrogens is 200 g/mol. The minimum absolute atomic E-state index is 0.286. The lowest BCUT2D eigenvalue weighted by atomic mass is 9.76. The van der Waals surface area contributed by atoms with Crippen LogP contribution >= 0.6 is 0 Å². The molecule has 4 fully saturated rings. The first-order chi connectivity index (χ1) is 6.54. The first-order valence-electron chi connectivity index (χ1n) is 5.28. The van der Waals surface area contributed by atoms with E-state index in [-0.39, 0.29) is 12.1 Å². The van der Waals surface area contributed by atoms with Crippen LogP contribution in [0.4, 0.5) is 0 Å². The Hall–Kier alpha value is -0.130. The van der Waals surface area contributed by atoms with Crippen LogP contribution in [-0.4, -0.2) is 43.1 Å². The van der Waals surface area contributed by atoms with E-state index in [0.717, 1.165) is 25.7 Å². The zero-order chi connectivity index (χ0) is 9.92. The smallest absolute Gasteiger partial charge is 0.211 e. The third-order valence-corrected chi connectivity index (χ3v) is 5.16. The van der Waals surface area contributed by atoms with Crippen LogP contribution in [0.25, 0.3) is 0 Å². The third kappa shape index (κ3) is 1.22. The minimum atomic E-state index is -2.98. The summed E-state index contributed by atoms with van der Waals surface area (Å²) in [7, 11) is -2.98. The third-order valence-electron chi connectivity index (χ3n) is 3.80. The summed E-state index contributed by atoms with van der Waals surface area (Å²) in [5.41, 5.74) is 0. The number of hydrogen-bond acceptors (Lipinski definition) is 3. The summed E-state index contributed by atoms with van der Waals surface area (Å²) in [6, 6.07) is 1.73. The highest BCUT2D eigenvalue weighted by molar-refractivity contribution is 7.88. The number of nitrogens with one attached hydrogen (secondary N) is 1. The van der Waals surface area contributed by atoms with E-state index in [1.54, 1.807) is 4.31 Å². The van der Waals surface area contributed by atoms with Crippen molar-refractivity contribution >= 4 is 10.0 Å². The molecule has 0 saturated carbocycles. The van der Waals surface area contributed by atoms with Gasteiger partial charge in [0.1, 0.15) is 0 Å². The second-order valence-electron chi connectivity index (χ2n) is 4.90. The molecule has 0 aromatic carbocycles. The molecule has 14 heavy (non-hydrogen) atoms. The van der Waals surface area contributed by atoms with Gasteiger partial charge in [-0.05, 0) is 25.7 Å². The van der Waals surface area contributed by atoms with Gasteiger partial charge in [0.05, 0.1) is 6.26 Å². The molecule has 0 aromatic heterocycles. The maximum atomic E-state index is 11.6. The fourth-order valence-electron chi connectivity index (χ4n) is 3.56. The van der Waals surface area contributed by atoms with Gasteiger partial charge in [0, 0.05) is 24.2 Å². The SMILES string of the molecule is CS(=O)(=O)N1C2CC3CC1CC(C2)N3. The maximum Gasteiger partial charge on any atom is 0.211 e. The number of sulfonamides is 1. The molecule has 0 aliphatic carbocycles. The molecule has 4 bridgehead atoms. The molecule has 4 rings (SSSR count). The molecule has 0 radical (unpaired) electrons. The Balaban J connectivity index is 1.95. The Kier molecular flexibility index (Phi) is 1.77. The van der Waals surface area contributed by atoms with Gasteiger partial charge in [-0.3, -0.25) is 0 Å². The van der Waals surface area contributed by atoms with Crippen LogP contribution in [0.5, 0.6) is 0 Å². The van der Waals surface area contributed by atoms with Gasteiger partial charge >= 0.3 is 0 Å². The van der Waals surface area contributed by atoms with Gasteiger partial charge in [-0.2, -0.15) is 4.31 Å². The summed E-state index contributed by atoms with van der Waals surface area (Å²) in [6.45, 7) is 0. The topological polar surface area (TPSA) is 49.4 Å². The summed E-state index contributed by atoms with van der Waals surface area (Å²) < 4.78 is 25.0. The highest BCUT2D eigenvalue weighted by atomic mass is 32.2. The zero-order valence-corrected chi connectivity index (χ0v) is 9.13. The molecule has 80 valence electrons. The first-order valence-corrected chi connectivity index (χ1v) is 7.13. The largest absolute Gasteiger partial charge is 0.311 e. The zero-order valence-electron chi connectivity index (χ0n) is 8.31. The second kappa shape index (κ2) is 2.71. The molecule has 4 heterocycles. The normalized spacial score (nSPS) is 47.2. The van der Waals surface area contributed by atoms with Gasteiger partial charge in [-0.15, -0.1) is 0 Å². The number of piperidine rings is 4. The lowest BCUT2D eigenvalue weighted by Gasteiger charge is -2.55. The van der Waals surface area contributed by atoms with Gasteiger partial charge < -0.3 is 5.32 Å². The van der Waals surface area contributed by atoms with Crippen LogP contribution in [0, 0.1) is 0 Å². The van der Waals surface area contributed by atoms with Crippen LogP contribution in [0.15, 0.2) is 0 Å². The predicted octanol–water partition coefficient (Wildman–Crippen LogP) is -0.0868. The molecule has 4 saturated heterocycles. The van der Waals surface area contributed by atoms with Crippen molar-refractivity contribution in [2.24, 2.45) is 0 Å². The van der Waals surface area contributed by atoms with E-state index < -0.39 is 10.0 Å². The van der Waals surface area contributed by atoms with Crippen molar-refractivity contribution in [3.8, 4) is 0 Å². The minimum Gasteiger partial charge on any atom is -0.311 e. The van der Waals surface area contributed by atoms with Crippen LogP contribution in [0.3, 0.4) is 0 Å². The maximum absolute atomic E-state index is 11.6. The lowest BCUT2D eigenvalue weighted by molar-refractivity contribution is 0.0278. The van der Waals surface area contributed by atoms with Gasteiger partial charge in [-0.1, -0.05) is 0 Å². The van der Waals surface area contributed by atoms with Crippen molar-refractivity contribution in [1.29, 1.82) is 0 Å². The Bertz CT molecular complexity index is 324. The monoisotopic (exact) mass is 216 g/mol. The standard InChI is InChI=1S/C9H16N2O2S/c1-14(12,13)11-8-2-6-3-9(11)5-7(4-8)10-6/h6-10H,2-5H2,1H3. The summed E-state index contributed by atoms with van der Waals surface area (Å²) in [4.78, 5) is 0.